The highest BCUT2D eigenvalue weighted by molar-refractivity contribution is 7.80. The Hall–Kier alpha value is -1.47. The standard InChI is InChI=1S/C15H19N3S/c1-11(2)12(10-19)9-18-14-6-4-3-5-13(14)17-15(18)7-8-16/h3-6,11-12,19H,7,9-10H2,1-2H3. The van der Waals surface area contributed by atoms with Crippen LogP contribution in [-0.4, -0.2) is 15.3 Å². The molecule has 1 atom stereocenters. The third-order valence-electron chi connectivity index (χ3n) is 3.57. The number of aromatic nitrogens is 2. The molecule has 100 valence electrons. The van der Waals surface area contributed by atoms with Crippen LogP contribution in [0.5, 0.6) is 0 Å². The maximum atomic E-state index is 8.95. The van der Waals surface area contributed by atoms with E-state index in [0.717, 1.165) is 29.2 Å². The van der Waals surface area contributed by atoms with E-state index in [1.165, 1.54) is 0 Å². The first-order chi connectivity index (χ1) is 9.17. The van der Waals surface area contributed by atoms with Gasteiger partial charge in [0.1, 0.15) is 5.82 Å². The predicted octanol–water partition coefficient (Wildman–Crippen LogP) is 3.30. The molecule has 2 aromatic rings. The van der Waals surface area contributed by atoms with Crippen LogP contribution in [0.3, 0.4) is 0 Å². The molecule has 0 N–H and O–H groups in total. The number of hydrogen-bond donors (Lipinski definition) is 1. The highest BCUT2D eigenvalue weighted by Gasteiger charge is 2.17. The molecule has 0 fully saturated rings. The molecule has 4 heteroatoms. The molecule has 0 radical (unpaired) electrons. The molecule has 3 nitrogen and oxygen atoms in total. The van der Waals surface area contributed by atoms with Crippen LogP contribution in [0.25, 0.3) is 11.0 Å². The Morgan fingerprint density at radius 1 is 1.37 bits per heavy atom. The van der Waals surface area contributed by atoms with Crippen LogP contribution < -0.4 is 0 Å². The Balaban J connectivity index is 2.44. The van der Waals surface area contributed by atoms with Crippen LogP contribution in [0.15, 0.2) is 24.3 Å². The van der Waals surface area contributed by atoms with E-state index in [0.29, 0.717) is 18.3 Å². The Morgan fingerprint density at radius 3 is 2.74 bits per heavy atom. The molecule has 0 saturated heterocycles. The third kappa shape index (κ3) is 2.93. The second-order valence-electron chi connectivity index (χ2n) is 5.15. The quantitative estimate of drug-likeness (QED) is 0.849. The minimum absolute atomic E-state index is 0.353. The van der Waals surface area contributed by atoms with E-state index in [4.69, 9.17) is 5.26 Å². The number of nitrogens with zero attached hydrogens (tertiary/aromatic N) is 3. The zero-order valence-corrected chi connectivity index (χ0v) is 12.3. The van der Waals surface area contributed by atoms with Crippen molar-refractivity contribution in [3.8, 4) is 6.07 Å². The summed E-state index contributed by atoms with van der Waals surface area (Å²) in [5, 5.41) is 8.95. The predicted molar refractivity (Wildman–Crippen MR) is 81.2 cm³/mol. The molecule has 0 aliphatic heterocycles. The number of nitriles is 1. The van der Waals surface area contributed by atoms with Gasteiger partial charge in [0.15, 0.2) is 0 Å². The fourth-order valence-electron chi connectivity index (χ4n) is 2.25. The first kappa shape index (κ1) is 14.0. The van der Waals surface area contributed by atoms with Gasteiger partial charge in [0.2, 0.25) is 0 Å². The molecule has 0 amide bonds. The molecular formula is C15H19N3S. The van der Waals surface area contributed by atoms with Gasteiger partial charge in [-0.1, -0.05) is 26.0 Å². The number of hydrogen-bond acceptors (Lipinski definition) is 3. The second-order valence-corrected chi connectivity index (χ2v) is 5.51. The van der Waals surface area contributed by atoms with Gasteiger partial charge < -0.3 is 4.57 Å². The lowest BCUT2D eigenvalue weighted by molar-refractivity contribution is 0.372. The van der Waals surface area contributed by atoms with E-state index in [9.17, 15) is 0 Å². The van der Waals surface area contributed by atoms with Crippen LogP contribution in [0.2, 0.25) is 0 Å². The SMILES string of the molecule is CC(C)C(CS)Cn1c(CC#N)nc2ccccc21. The van der Waals surface area contributed by atoms with Crippen LogP contribution >= 0.6 is 12.6 Å². The Kier molecular flexibility index (Phi) is 4.49. The number of benzene rings is 1. The van der Waals surface area contributed by atoms with Crippen molar-refractivity contribution in [3.63, 3.8) is 0 Å². The Morgan fingerprint density at radius 2 is 2.11 bits per heavy atom. The highest BCUT2D eigenvalue weighted by atomic mass is 32.1. The van der Waals surface area contributed by atoms with Crippen molar-refractivity contribution in [2.75, 3.05) is 5.75 Å². The highest BCUT2D eigenvalue weighted by Crippen LogP contribution is 2.22. The fraction of sp³-hybridized carbons (Fsp3) is 0.467. The number of para-hydroxylation sites is 2. The van der Waals surface area contributed by atoms with E-state index in [1.54, 1.807) is 0 Å². The third-order valence-corrected chi connectivity index (χ3v) is 4.03. The first-order valence-electron chi connectivity index (χ1n) is 6.59. The molecule has 1 unspecified atom stereocenters. The lowest BCUT2D eigenvalue weighted by Gasteiger charge is -2.20. The summed E-state index contributed by atoms with van der Waals surface area (Å²) < 4.78 is 2.18. The van der Waals surface area contributed by atoms with Crippen molar-refractivity contribution >= 4 is 23.7 Å². The van der Waals surface area contributed by atoms with E-state index in [-0.39, 0.29) is 0 Å². The van der Waals surface area contributed by atoms with Crippen LogP contribution in [0, 0.1) is 23.2 Å². The van der Waals surface area contributed by atoms with Gasteiger partial charge in [-0.3, -0.25) is 0 Å². The molecule has 1 aromatic carbocycles. The van der Waals surface area contributed by atoms with Crippen LogP contribution in [-0.2, 0) is 13.0 Å². The van der Waals surface area contributed by atoms with Crippen molar-refractivity contribution in [2.45, 2.75) is 26.8 Å². The molecule has 19 heavy (non-hydrogen) atoms. The van der Waals surface area contributed by atoms with Gasteiger partial charge in [0.05, 0.1) is 23.5 Å². The largest absolute Gasteiger partial charge is 0.327 e. The molecular weight excluding hydrogens is 254 g/mol. The average molecular weight is 273 g/mol. The van der Waals surface area contributed by atoms with Gasteiger partial charge in [0, 0.05) is 6.54 Å². The molecule has 2 rings (SSSR count). The molecule has 0 aliphatic carbocycles. The lowest BCUT2D eigenvalue weighted by Crippen LogP contribution is -2.19. The Bertz CT molecular complexity index is 595. The molecule has 0 saturated carbocycles. The van der Waals surface area contributed by atoms with E-state index >= 15 is 0 Å². The smallest absolute Gasteiger partial charge is 0.124 e. The van der Waals surface area contributed by atoms with E-state index in [2.05, 4.69) is 48.2 Å². The number of imidazole rings is 1. The van der Waals surface area contributed by atoms with Crippen molar-refractivity contribution in [1.29, 1.82) is 5.26 Å². The fourth-order valence-corrected chi connectivity index (χ4v) is 2.79. The second kappa shape index (κ2) is 6.12. The number of fused-ring (bicyclic) bond motifs is 1. The maximum Gasteiger partial charge on any atom is 0.124 e. The van der Waals surface area contributed by atoms with Crippen molar-refractivity contribution in [1.82, 2.24) is 9.55 Å². The van der Waals surface area contributed by atoms with Crippen molar-refractivity contribution in [2.24, 2.45) is 11.8 Å². The summed E-state index contributed by atoms with van der Waals surface area (Å²) in [4.78, 5) is 4.56. The van der Waals surface area contributed by atoms with Crippen LogP contribution in [0.4, 0.5) is 0 Å². The summed E-state index contributed by atoms with van der Waals surface area (Å²) in [5.74, 6) is 2.75. The van der Waals surface area contributed by atoms with Crippen molar-refractivity contribution in [3.05, 3.63) is 30.1 Å². The zero-order chi connectivity index (χ0) is 13.8. The summed E-state index contributed by atoms with van der Waals surface area (Å²) in [7, 11) is 0. The van der Waals surface area contributed by atoms with Gasteiger partial charge in [-0.25, -0.2) is 4.98 Å². The van der Waals surface area contributed by atoms with E-state index in [1.807, 2.05) is 18.2 Å². The minimum Gasteiger partial charge on any atom is -0.327 e. The van der Waals surface area contributed by atoms with Gasteiger partial charge in [0.25, 0.3) is 0 Å². The van der Waals surface area contributed by atoms with Gasteiger partial charge in [-0.15, -0.1) is 0 Å². The maximum absolute atomic E-state index is 8.95. The molecule has 0 bridgehead atoms. The molecule has 0 aliphatic rings. The monoisotopic (exact) mass is 273 g/mol. The normalized spacial score (nSPS) is 12.8. The summed E-state index contributed by atoms with van der Waals surface area (Å²) in [6.07, 6.45) is 0.353. The first-order valence-corrected chi connectivity index (χ1v) is 7.22. The van der Waals surface area contributed by atoms with Gasteiger partial charge in [-0.2, -0.15) is 17.9 Å². The zero-order valence-electron chi connectivity index (χ0n) is 11.4. The molecule has 1 aromatic heterocycles. The average Bonchev–Trinajstić information content (AvgIpc) is 2.73. The topological polar surface area (TPSA) is 41.6 Å². The minimum atomic E-state index is 0.353. The summed E-state index contributed by atoms with van der Waals surface area (Å²) >= 11 is 4.45. The molecule has 0 spiro atoms. The summed E-state index contributed by atoms with van der Waals surface area (Å²) in [6.45, 7) is 5.30. The van der Waals surface area contributed by atoms with Crippen molar-refractivity contribution < 1.29 is 0 Å². The number of rotatable bonds is 5. The lowest BCUT2D eigenvalue weighted by atomic mass is 9.97. The number of thiol groups is 1. The Labute approximate surface area is 119 Å². The van der Waals surface area contributed by atoms with Crippen LogP contribution in [0.1, 0.15) is 19.7 Å². The molecule has 1 heterocycles. The van der Waals surface area contributed by atoms with Gasteiger partial charge in [-0.05, 0) is 29.7 Å². The van der Waals surface area contributed by atoms with E-state index < -0.39 is 0 Å². The van der Waals surface area contributed by atoms with Gasteiger partial charge >= 0.3 is 0 Å². The summed E-state index contributed by atoms with van der Waals surface area (Å²) in [6, 6.07) is 10.3. The summed E-state index contributed by atoms with van der Waals surface area (Å²) in [5.41, 5.74) is 2.08.